The second kappa shape index (κ2) is 7.06. The zero-order valence-corrected chi connectivity index (χ0v) is 12.3. The van der Waals surface area contributed by atoms with Gasteiger partial charge in [-0.1, -0.05) is 37.3 Å². The first-order chi connectivity index (χ1) is 9.30. The number of aryl methyl sites for hydroxylation is 1. The van der Waals surface area contributed by atoms with E-state index in [0.29, 0.717) is 6.04 Å². The molecule has 0 saturated heterocycles. The van der Waals surface area contributed by atoms with E-state index >= 15 is 0 Å². The van der Waals surface area contributed by atoms with Crippen LogP contribution in [0.2, 0.25) is 0 Å². The lowest BCUT2D eigenvalue weighted by molar-refractivity contribution is -0.0997. The molecule has 1 saturated carbocycles. The number of hydrogen-bond donors (Lipinski definition) is 1. The molecular weight excluding hydrogens is 234 g/mol. The largest absolute Gasteiger partial charge is 0.377 e. The van der Waals surface area contributed by atoms with E-state index < -0.39 is 0 Å². The van der Waals surface area contributed by atoms with E-state index in [1.54, 1.807) is 0 Å². The Morgan fingerprint density at radius 2 is 2.00 bits per heavy atom. The van der Waals surface area contributed by atoms with Crippen LogP contribution in [0.5, 0.6) is 0 Å². The molecule has 19 heavy (non-hydrogen) atoms. The highest BCUT2D eigenvalue weighted by molar-refractivity contribution is 5.15. The lowest BCUT2D eigenvalue weighted by Crippen LogP contribution is -2.56. The van der Waals surface area contributed by atoms with E-state index in [0.717, 1.165) is 19.4 Å². The normalized spacial score (nSPS) is 18.8. The minimum absolute atomic E-state index is 0.101. The maximum atomic E-state index is 5.86. The van der Waals surface area contributed by atoms with Crippen LogP contribution in [-0.2, 0) is 11.2 Å². The number of ether oxygens (including phenoxy) is 1. The summed E-state index contributed by atoms with van der Waals surface area (Å²) in [5.41, 5.74) is 1.53. The Balaban J connectivity index is 1.94. The van der Waals surface area contributed by atoms with Crippen LogP contribution in [-0.4, -0.2) is 25.3 Å². The Morgan fingerprint density at radius 3 is 2.53 bits per heavy atom. The highest BCUT2D eigenvalue weighted by Crippen LogP contribution is 2.39. The third-order valence-electron chi connectivity index (χ3n) is 4.45. The van der Waals surface area contributed by atoms with Crippen molar-refractivity contribution >= 4 is 0 Å². The first kappa shape index (κ1) is 14.5. The average molecular weight is 261 g/mol. The number of hydrogen-bond acceptors (Lipinski definition) is 2. The summed E-state index contributed by atoms with van der Waals surface area (Å²) < 4.78 is 5.86. The number of rotatable bonds is 8. The quantitative estimate of drug-likeness (QED) is 0.772. The summed E-state index contributed by atoms with van der Waals surface area (Å²) in [4.78, 5) is 0. The van der Waals surface area contributed by atoms with Crippen LogP contribution in [0.4, 0.5) is 0 Å². The molecule has 1 atom stereocenters. The monoisotopic (exact) mass is 261 g/mol. The fourth-order valence-corrected chi connectivity index (χ4v) is 3.05. The first-order valence-corrected chi connectivity index (χ1v) is 7.63. The predicted molar refractivity (Wildman–Crippen MR) is 80.4 cm³/mol. The molecular formula is C17H27NO. The maximum Gasteiger partial charge on any atom is 0.0831 e. The van der Waals surface area contributed by atoms with Crippen LogP contribution in [0.1, 0.15) is 44.6 Å². The molecule has 2 rings (SSSR count). The van der Waals surface area contributed by atoms with E-state index in [1.807, 2.05) is 7.11 Å². The molecule has 0 amide bonds. The molecule has 1 aliphatic carbocycles. The van der Waals surface area contributed by atoms with Gasteiger partial charge in [0.05, 0.1) is 5.60 Å². The van der Waals surface area contributed by atoms with Crippen LogP contribution in [0.3, 0.4) is 0 Å². The third-order valence-corrected chi connectivity index (χ3v) is 4.45. The Kier molecular flexibility index (Phi) is 5.41. The van der Waals surface area contributed by atoms with E-state index in [9.17, 15) is 0 Å². The van der Waals surface area contributed by atoms with Crippen molar-refractivity contribution in [3.8, 4) is 0 Å². The van der Waals surface area contributed by atoms with Crippen molar-refractivity contribution in [2.45, 2.75) is 57.1 Å². The highest BCUT2D eigenvalue weighted by atomic mass is 16.5. The Morgan fingerprint density at radius 1 is 1.26 bits per heavy atom. The van der Waals surface area contributed by atoms with Crippen LogP contribution < -0.4 is 5.32 Å². The van der Waals surface area contributed by atoms with E-state index in [2.05, 4.69) is 42.6 Å². The fraction of sp³-hybridized carbons (Fsp3) is 0.647. The molecule has 1 unspecified atom stereocenters. The predicted octanol–water partition coefficient (Wildman–Crippen LogP) is 3.56. The Labute approximate surface area is 117 Å². The van der Waals surface area contributed by atoms with Gasteiger partial charge in [-0.15, -0.1) is 0 Å². The number of benzene rings is 1. The van der Waals surface area contributed by atoms with E-state index in [1.165, 1.54) is 31.2 Å². The summed E-state index contributed by atoms with van der Waals surface area (Å²) >= 11 is 0. The maximum absolute atomic E-state index is 5.86. The molecule has 2 heteroatoms. The second-order valence-electron chi connectivity index (χ2n) is 5.65. The molecule has 0 radical (unpaired) electrons. The van der Waals surface area contributed by atoms with Gasteiger partial charge in [-0.05, 0) is 50.6 Å². The van der Waals surface area contributed by atoms with Gasteiger partial charge < -0.3 is 10.1 Å². The summed E-state index contributed by atoms with van der Waals surface area (Å²) in [7, 11) is 1.88. The molecule has 1 aromatic carbocycles. The number of nitrogens with one attached hydrogen (secondary N) is 1. The van der Waals surface area contributed by atoms with Gasteiger partial charge in [0.2, 0.25) is 0 Å². The minimum atomic E-state index is 0.101. The fourth-order valence-electron chi connectivity index (χ4n) is 3.05. The molecule has 1 fully saturated rings. The average Bonchev–Trinajstić information content (AvgIpc) is 2.41. The molecule has 1 aromatic rings. The van der Waals surface area contributed by atoms with Gasteiger partial charge in [-0.3, -0.25) is 0 Å². The van der Waals surface area contributed by atoms with Crippen molar-refractivity contribution in [3.63, 3.8) is 0 Å². The van der Waals surface area contributed by atoms with Gasteiger partial charge >= 0.3 is 0 Å². The molecule has 0 spiro atoms. The molecule has 0 bridgehead atoms. The van der Waals surface area contributed by atoms with Gasteiger partial charge in [0.1, 0.15) is 0 Å². The van der Waals surface area contributed by atoms with Crippen LogP contribution in [0.15, 0.2) is 30.3 Å². The highest BCUT2D eigenvalue weighted by Gasteiger charge is 2.43. The van der Waals surface area contributed by atoms with Crippen molar-refractivity contribution in [3.05, 3.63) is 35.9 Å². The van der Waals surface area contributed by atoms with E-state index in [-0.39, 0.29) is 5.60 Å². The van der Waals surface area contributed by atoms with Gasteiger partial charge in [-0.2, -0.15) is 0 Å². The topological polar surface area (TPSA) is 21.3 Å². The smallest absolute Gasteiger partial charge is 0.0831 e. The van der Waals surface area contributed by atoms with Gasteiger partial charge in [0, 0.05) is 13.2 Å². The van der Waals surface area contributed by atoms with Crippen LogP contribution in [0, 0.1) is 0 Å². The summed E-state index contributed by atoms with van der Waals surface area (Å²) in [5.74, 6) is 0. The molecule has 2 nitrogen and oxygen atoms in total. The van der Waals surface area contributed by atoms with Gasteiger partial charge in [-0.25, -0.2) is 0 Å². The molecule has 0 heterocycles. The van der Waals surface area contributed by atoms with Gasteiger partial charge in [0.25, 0.3) is 0 Å². The minimum Gasteiger partial charge on any atom is -0.377 e. The van der Waals surface area contributed by atoms with Crippen molar-refractivity contribution in [2.24, 2.45) is 0 Å². The first-order valence-electron chi connectivity index (χ1n) is 7.63. The summed E-state index contributed by atoms with van der Waals surface area (Å²) in [5, 5.41) is 3.71. The molecule has 1 N–H and O–H groups in total. The zero-order chi connectivity index (χ0) is 13.6. The lowest BCUT2D eigenvalue weighted by atomic mass is 9.72. The van der Waals surface area contributed by atoms with E-state index in [4.69, 9.17) is 4.74 Å². The zero-order valence-electron chi connectivity index (χ0n) is 12.3. The third kappa shape index (κ3) is 3.58. The molecule has 0 aliphatic heterocycles. The standard InChI is InChI=1S/C17H27NO/c1-3-14-18-16(17(19-2)12-7-13-17)11-10-15-8-5-4-6-9-15/h4-6,8-9,16,18H,3,7,10-14H2,1-2H3. The number of methoxy groups -OCH3 is 1. The molecule has 106 valence electrons. The lowest BCUT2D eigenvalue weighted by Gasteiger charge is -2.47. The van der Waals surface area contributed by atoms with Crippen LogP contribution >= 0.6 is 0 Å². The van der Waals surface area contributed by atoms with Crippen molar-refractivity contribution in [1.82, 2.24) is 5.32 Å². The van der Waals surface area contributed by atoms with Crippen molar-refractivity contribution < 1.29 is 4.74 Å². The van der Waals surface area contributed by atoms with Crippen LogP contribution in [0.25, 0.3) is 0 Å². The summed E-state index contributed by atoms with van der Waals surface area (Å²) in [6.07, 6.45) is 7.20. The summed E-state index contributed by atoms with van der Waals surface area (Å²) in [6, 6.07) is 11.3. The molecule has 1 aliphatic rings. The molecule has 0 aromatic heterocycles. The Bertz CT molecular complexity index is 353. The summed E-state index contributed by atoms with van der Waals surface area (Å²) in [6.45, 7) is 3.31. The van der Waals surface area contributed by atoms with Crippen molar-refractivity contribution in [1.29, 1.82) is 0 Å². The SMILES string of the molecule is CCCNC(CCc1ccccc1)C1(OC)CCC1. The Hall–Kier alpha value is -0.860. The second-order valence-corrected chi connectivity index (χ2v) is 5.65. The van der Waals surface area contributed by atoms with Crippen molar-refractivity contribution in [2.75, 3.05) is 13.7 Å². The van der Waals surface area contributed by atoms with Gasteiger partial charge in [0.15, 0.2) is 0 Å².